The maximum absolute atomic E-state index is 13.3. The van der Waals surface area contributed by atoms with Crippen molar-refractivity contribution in [2.45, 2.75) is 66.0 Å². The average molecular weight is 793 g/mol. The maximum atomic E-state index is 13.3. The highest BCUT2D eigenvalue weighted by Crippen LogP contribution is 2.28. The first kappa shape index (κ1) is 40.2. The molecule has 4 heterocycles. The van der Waals surface area contributed by atoms with Gasteiger partial charge in [0.25, 0.3) is 11.9 Å². The molecule has 0 aliphatic heterocycles. The molecule has 300 valence electrons. The quantitative estimate of drug-likeness (QED) is 0.0975. The van der Waals surface area contributed by atoms with Crippen molar-refractivity contribution in [2.24, 2.45) is 20.7 Å². The minimum absolute atomic E-state index is 0.0158. The number of amides is 2. The third kappa shape index (κ3) is 10.0. The van der Waals surface area contributed by atoms with Gasteiger partial charge in [-0.1, -0.05) is 81.3 Å². The van der Waals surface area contributed by atoms with Crippen LogP contribution in [0.25, 0.3) is 22.3 Å². The Morgan fingerprint density at radius 1 is 0.603 bits per heavy atom. The van der Waals surface area contributed by atoms with Gasteiger partial charge in [0.1, 0.15) is 37.1 Å². The van der Waals surface area contributed by atoms with Crippen LogP contribution in [0, 0.1) is 0 Å². The number of ether oxygens (including phenoxy) is 4. The summed E-state index contributed by atoms with van der Waals surface area (Å²) >= 11 is 0. The second kappa shape index (κ2) is 16.7. The Labute approximate surface area is 331 Å². The third-order valence-electron chi connectivity index (χ3n) is 7.41. The molecule has 0 N–H and O–H groups in total. The molecule has 0 atom stereocenters. The SMILES string of the molecule is CN(/N=N/c1nc(OCc2ccccc2)c2ncn(C(=O)OC(C)(C)C)c2n1)C(=O)N(C)/N=N/c1nc(OCc2ccccc2)c2ncn(C(=O)OC(C)(C)C)c2n1. The van der Waals surface area contributed by atoms with Crippen molar-refractivity contribution in [1.29, 1.82) is 0 Å². The number of carbonyl (C=O) groups excluding carboxylic acids is 3. The predicted octanol–water partition coefficient (Wildman–Crippen LogP) is 7.37. The van der Waals surface area contributed by atoms with Crippen LogP contribution < -0.4 is 9.47 Å². The highest BCUT2D eigenvalue weighted by Gasteiger charge is 2.25. The molecule has 0 radical (unpaired) electrons. The number of hydrogen-bond acceptors (Lipinski definition) is 17. The fourth-order valence-electron chi connectivity index (χ4n) is 4.86. The van der Waals surface area contributed by atoms with Crippen LogP contribution in [0.3, 0.4) is 0 Å². The number of rotatable bonds is 10. The molecule has 2 aromatic carbocycles. The van der Waals surface area contributed by atoms with E-state index in [1.807, 2.05) is 60.7 Å². The van der Waals surface area contributed by atoms with Crippen molar-refractivity contribution < 1.29 is 33.3 Å². The van der Waals surface area contributed by atoms with E-state index in [2.05, 4.69) is 50.6 Å². The summed E-state index contributed by atoms with van der Waals surface area (Å²) in [5, 5.41) is 17.6. The maximum Gasteiger partial charge on any atom is 0.421 e. The van der Waals surface area contributed by atoms with Crippen LogP contribution in [0.4, 0.5) is 26.3 Å². The summed E-state index contributed by atoms with van der Waals surface area (Å²) in [7, 11) is 2.62. The van der Waals surface area contributed by atoms with Gasteiger partial charge in [0.2, 0.25) is 11.8 Å². The van der Waals surface area contributed by atoms with Gasteiger partial charge in [-0.25, -0.2) is 33.5 Å². The molecule has 0 fully saturated rings. The van der Waals surface area contributed by atoms with Crippen molar-refractivity contribution in [3.63, 3.8) is 0 Å². The molecule has 0 unspecified atom stereocenters. The lowest BCUT2D eigenvalue weighted by atomic mass is 10.2. The number of benzene rings is 2. The molecule has 21 heteroatoms. The second-order valence-electron chi connectivity index (χ2n) is 14.4. The van der Waals surface area contributed by atoms with Crippen molar-refractivity contribution in [1.82, 2.24) is 49.1 Å². The largest absolute Gasteiger partial charge is 0.471 e. The van der Waals surface area contributed by atoms with E-state index in [0.717, 1.165) is 30.3 Å². The van der Waals surface area contributed by atoms with Gasteiger partial charge in [-0.15, -0.1) is 0 Å². The molecule has 58 heavy (non-hydrogen) atoms. The highest BCUT2D eigenvalue weighted by atomic mass is 16.6. The van der Waals surface area contributed by atoms with Gasteiger partial charge in [-0.3, -0.25) is 0 Å². The molecule has 0 aliphatic carbocycles. The summed E-state index contributed by atoms with van der Waals surface area (Å²) in [5.41, 5.74) is 0.520. The third-order valence-corrected chi connectivity index (χ3v) is 7.41. The topological polar surface area (TPSA) is 231 Å². The molecule has 6 rings (SSSR count). The second-order valence-corrected chi connectivity index (χ2v) is 14.4. The van der Waals surface area contributed by atoms with Gasteiger partial charge < -0.3 is 18.9 Å². The van der Waals surface area contributed by atoms with Crippen LogP contribution in [0.2, 0.25) is 0 Å². The normalized spacial score (nSPS) is 12.0. The minimum atomic E-state index is -0.803. The lowest BCUT2D eigenvalue weighted by molar-refractivity contribution is 0.0531. The van der Waals surface area contributed by atoms with E-state index in [0.29, 0.717) is 0 Å². The fraction of sp³-hybridized carbons (Fsp3) is 0.324. The molecule has 0 saturated heterocycles. The first-order valence-electron chi connectivity index (χ1n) is 17.7. The lowest BCUT2D eigenvalue weighted by Crippen LogP contribution is -2.31. The molecule has 0 saturated carbocycles. The molecule has 0 aliphatic rings. The minimum Gasteiger partial charge on any atom is -0.471 e. The van der Waals surface area contributed by atoms with Crippen LogP contribution in [0.1, 0.15) is 52.7 Å². The van der Waals surface area contributed by atoms with Gasteiger partial charge in [-0.2, -0.15) is 30.0 Å². The van der Waals surface area contributed by atoms with Crippen LogP contribution in [0.15, 0.2) is 94.0 Å². The zero-order valence-corrected chi connectivity index (χ0v) is 33.0. The Morgan fingerprint density at radius 2 is 0.983 bits per heavy atom. The lowest BCUT2D eigenvalue weighted by Gasteiger charge is -2.19. The fourth-order valence-corrected chi connectivity index (χ4v) is 4.86. The van der Waals surface area contributed by atoms with E-state index in [1.165, 1.54) is 26.7 Å². The number of fused-ring (bicyclic) bond motifs is 2. The van der Waals surface area contributed by atoms with Gasteiger partial charge in [-0.05, 0) is 52.7 Å². The van der Waals surface area contributed by atoms with Crippen molar-refractivity contribution in [2.75, 3.05) is 14.1 Å². The Kier molecular flexibility index (Phi) is 11.6. The number of carbonyl (C=O) groups is 3. The smallest absolute Gasteiger partial charge is 0.421 e. The molecular weight excluding hydrogens is 752 g/mol. The Balaban J connectivity index is 1.24. The van der Waals surface area contributed by atoms with Crippen molar-refractivity contribution in [3.8, 4) is 11.8 Å². The zero-order chi connectivity index (χ0) is 41.6. The standard InChI is InChI=1S/C37H40N14O7/c1-36(2,3)57-34(53)50-21-38-25-27(50)40-31(42-29(25)55-19-23-15-11-9-12-16-23)44-46-48(7)33(52)49(8)47-45-32-41-28-26(39-22-51(28)35(54)58-37(4,5)6)30(43-32)56-20-24-17-13-10-14-18-24/h9-18,21-22H,19-20H2,1-8H3/b46-44+,47-45+. The van der Waals surface area contributed by atoms with Crippen LogP contribution >= 0.6 is 0 Å². The van der Waals surface area contributed by atoms with Crippen molar-refractivity contribution in [3.05, 3.63) is 84.4 Å². The Hall–Kier alpha value is -7.45. The summed E-state index contributed by atoms with van der Waals surface area (Å²) in [4.78, 5) is 65.3. The number of urea groups is 1. The van der Waals surface area contributed by atoms with E-state index in [1.54, 1.807) is 41.5 Å². The highest BCUT2D eigenvalue weighted by molar-refractivity contribution is 5.88. The van der Waals surface area contributed by atoms with Gasteiger partial charge in [0.05, 0.1) is 0 Å². The summed E-state index contributed by atoms with van der Waals surface area (Å²) in [6.07, 6.45) is 1.00. The molecular formula is C37H40N14O7. The average Bonchev–Trinajstić information content (AvgIpc) is 3.81. The number of nitrogens with zero attached hydrogens (tertiary/aromatic N) is 14. The summed E-state index contributed by atoms with van der Waals surface area (Å²) in [6, 6.07) is 17.9. The number of imidazole rings is 2. The summed E-state index contributed by atoms with van der Waals surface area (Å²) in [6.45, 7) is 10.6. The molecule has 2 amide bonds. The molecule has 0 spiro atoms. The molecule has 6 aromatic rings. The zero-order valence-electron chi connectivity index (χ0n) is 33.0. The first-order chi connectivity index (χ1) is 27.5. The van der Waals surface area contributed by atoms with E-state index in [-0.39, 0.29) is 59.2 Å². The molecule has 0 bridgehead atoms. The summed E-state index contributed by atoms with van der Waals surface area (Å²) < 4.78 is 25.1. The van der Waals surface area contributed by atoms with E-state index >= 15 is 0 Å². The molecule has 21 nitrogen and oxygen atoms in total. The number of aromatic nitrogens is 8. The Morgan fingerprint density at radius 3 is 1.34 bits per heavy atom. The summed E-state index contributed by atoms with van der Waals surface area (Å²) in [5.74, 6) is -0.475. The van der Waals surface area contributed by atoms with Gasteiger partial charge in [0, 0.05) is 14.1 Å². The van der Waals surface area contributed by atoms with Crippen LogP contribution in [-0.4, -0.2) is 92.6 Å². The van der Waals surface area contributed by atoms with Crippen LogP contribution in [-0.2, 0) is 22.7 Å². The van der Waals surface area contributed by atoms with Crippen LogP contribution in [0.5, 0.6) is 11.8 Å². The first-order valence-corrected chi connectivity index (χ1v) is 17.7. The predicted molar refractivity (Wildman–Crippen MR) is 205 cm³/mol. The molecule has 4 aromatic heterocycles. The van der Waals surface area contributed by atoms with E-state index < -0.39 is 29.4 Å². The Bertz CT molecular complexity index is 2320. The van der Waals surface area contributed by atoms with E-state index in [4.69, 9.17) is 18.9 Å². The van der Waals surface area contributed by atoms with Crippen molar-refractivity contribution >= 4 is 52.4 Å². The van der Waals surface area contributed by atoms with Gasteiger partial charge in [0.15, 0.2) is 22.3 Å². The van der Waals surface area contributed by atoms with Gasteiger partial charge >= 0.3 is 18.2 Å². The monoisotopic (exact) mass is 792 g/mol. The van der Waals surface area contributed by atoms with E-state index in [9.17, 15) is 14.4 Å². The number of hydrogen-bond donors (Lipinski definition) is 0.